The predicted molar refractivity (Wildman–Crippen MR) is 315 cm³/mol. The van der Waals surface area contributed by atoms with Crippen molar-refractivity contribution in [3.05, 3.63) is 239 Å². The average Bonchev–Trinajstić information content (AvgIpc) is 3.38. The molecule has 0 fully saturated rings. The standard InChI is InChI=1S/2C32H36O2P2/c2*1-23-7-15-29(16-8-23)35(33,30-17-9-24(2)10-18-30)27(5)28(6)36(34,31-19-11-25(3)12-20-31)32-21-13-26(4)14-22-32/h2*7-22,27-28H,1-6H3/t2*27-,28-/m11/s1. The summed E-state index contributed by atoms with van der Waals surface area (Å²) in [5, 5.41) is 6.52. The summed E-state index contributed by atoms with van der Waals surface area (Å²) in [5.41, 5.74) is 7.60. The maximum absolute atomic E-state index is 15.3. The molecule has 0 saturated heterocycles. The van der Waals surface area contributed by atoms with E-state index in [-0.39, 0.29) is 22.6 Å². The Balaban J connectivity index is 0.000000211. The summed E-state index contributed by atoms with van der Waals surface area (Å²) in [6, 6.07) is 64.1. The maximum Gasteiger partial charge on any atom is 0.146 e. The molecular weight excluding hydrogens is 957 g/mol. The van der Waals surface area contributed by atoms with Gasteiger partial charge < -0.3 is 18.3 Å². The predicted octanol–water partition coefficient (Wildman–Crippen LogP) is 14.1. The SMILES string of the molecule is Cc1ccc(P(=O)(c2ccc(C)cc2)[C@H](C)[C@@H](C)P(=O)(c2ccc(C)cc2)c2ccc(C)cc2)cc1.Cc1ccc(P(=O)(c2ccc(C)cc2)[C@H](C)[C@@H](C)P(=O)(c2ccc(C)cc2)c2ccc(C)cc2)cc1. The van der Waals surface area contributed by atoms with Crippen molar-refractivity contribution in [3.8, 4) is 0 Å². The van der Waals surface area contributed by atoms with Gasteiger partial charge in [-0.15, -0.1) is 0 Å². The number of rotatable bonds is 14. The van der Waals surface area contributed by atoms with Crippen LogP contribution in [0.5, 0.6) is 0 Å². The molecule has 372 valence electrons. The van der Waals surface area contributed by atoms with Crippen LogP contribution in [0.3, 0.4) is 0 Å². The van der Waals surface area contributed by atoms with Crippen LogP contribution in [0.25, 0.3) is 0 Å². The van der Waals surface area contributed by atoms with Crippen molar-refractivity contribution in [3.63, 3.8) is 0 Å². The first kappa shape index (κ1) is 54.5. The van der Waals surface area contributed by atoms with Gasteiger partial charge in [-0.1, -0.05) is 266 Å². The van der Waals surface area contributed by atoms with E-state index in [0.717, 1.165) is 86.9 Å². The molecule has 8 heteroatoms. The molecule has 0 radical (unpaired) electrons. The van der Waals surface area contributed by atoms with E-state index in [1.807, 2.05) is 277 Å². The summed E-state index contributed by atoms with van der Waals surface area (Å²) in [6.45, 7) is 24.4. The molecule has 0 aliphatic heterocycles. The van der Waals surface area contributed by atoms with E-state index in [0.29, 0.717) is 0 Å². The minimum atomic E-state index is -3.14. The molecule has 8 aromatic carbocycles. The van der Waals surface area contributed by atoms with Crippen molar-refractivity contribution in [1.29, 1.82) is 0 Å². The van der Waals surface area contributed by atoms with Gasteiger partial charge in [-0.05, 0) is 55.4 Å². The van der Waals surface area contributed by atoms with Crippen LogP contribution in [0.2, 0.25) is 0 Å². The molecule has 0 unspecified atom stereocenters. The van der Waals surface area contributed by atoms with Gasteiger partial charge in [-0.25, -0.2) is 0 Å². The Morgan fingerprint density at radius 3 is 0.361 bits per heavy atom. The van der Waals surface area contributed by atoms with Gasteiger partial charge in [0.1, 0.15) is 28.6 Å². The highest BCUT2D eigenvalue weighted by Gasteiger charge is 2.47. The molecule has 0 aromatic heterocycles. The first-order valence-corrected chi connectivity index (χ1v) is 32.2. The lowest BCUT2D eigenvalue weighted by Gasteiger charge is -2.35. The van der Waals surface area contributed by atoms with E-state index in [9.17, 15) is 0 Å². The highest BCUT2D eigenvalue weighted by Crippen LogP contribution is 2.61. The van der Waals surface area contributed by atoms with Gasteiger partial charge in [0.2, 0.25) is 0 Å². The fourth-order valence-electron chi connectivity index (χ4n) is 9.82. The van der Waals surface area contributed by atoms with Crippen molar-refractivity contribution < 1.29 is 18.3 Å². The monoisotopic (exact) mass is 1030 g/mol. The molecule has 0 N–H and O–H groups in total. The third kappa shape index (κ3) is 11.0. The molecule has 0 spiro atoms. The Kier molecular flexibility index (Phi) is 17.0. The quantitative estimate of drug-likeness (QED) is 0.102. The molecule has 8 aromatic rings. The summed E-state index contributed by atoms with van der Waals surface area (Å²) in [7, 11) is -12.6. The van der Waals surface area contributed by atoms with Crippen molar-refractivity contribution in [2.75, 3.05) is 0 Å². The molecule has 0 amide bonds. The molecule has 0 heterocycles. The molecule has 0 aliphatic rings. The fourth-order valence-corrected chi connectivity index (χ4v) is 24.2. The number of aryl methyl sites for hydroxylation is 8. The van der Waals surface area contributed by atoms with Crippen molar-refractivity contribution in [1.82, 2.24) is 0 Å². The van der Waals surface area contributed by atoms with Gasteiger partial charge in [0.05, 0.1) is 0 Å². The van der Waals surface area contributed by atoms with Crippen molar-refractivity contribution in [2.24, 2.45) is 0 Å². The third-order valence-corrected chi connectivity index (χ3v) is 30.4. The minimum Gasteiger partial charge on any atom is -0.313 e. The Morgan fingerprint density at radius 1 is 0.194 bits per heavy atom. The van der Waals surface area contributed by atoms with Crippen LogP contribution in [-0.4, -0.2) is 22.6 Å². The smallest absolute Gasteiger partial charge is 0.146 e. The number of hydrogen-bond acceptors (Lipinski definition) is 4. The zero-order valence-corrected chi connectivity index (χ0v) is 47.8. The molecule has 0 saturated carbocycles. The van der Waals surface area contributed by atoms with Gasteiger partial charge in [0, 0.05) is 65.1 Å². The zero-order valence-electron chi connectivity index (χ0n) is 44.2. The van der Waals surface area contributed by atoms with Crippen molar-refractivity contribution >= 4 is 71.0 Å². The lowest BCUT2D eigenvalue weighted by atomic mass is 10.2. The molecule has 0 bridgehead atoms. The third-order valence-electron chi connectivity index (χ3n) is 15.0. The van der Waals surface area contributed by atoms with Gasteiger partial charge in [0.15, 0.2) is 0 Å². The van der Waals surface area contributed by atoms with E-state index in [1.165, 1.54) is 0 Å². The Hall–Kier alpha value is -5.32. The lowest BCUT2D eigenvalue weighted by molar-refractivity contribution is 0.565. The minimum absolute atomic E-state index is 0.351. The second-order valence-corrected chi connectivity index (χ2v) is 32.9. The summed E-state index contributed by atoms with van der Waals surface area (Å²) in [6.07, 6.45) is 0. The molecule has 72 heavy (non-hydrogen) atoms. The lowest BCUT2D eigenvalue weighted by Crippen LogP contribution is -2.36. The summed E-state index contributed by atoms with van der Waals surface area (Å²) < 4.78 is 61.1. The molecule has 0 aliphatic carbocycles. The Bertz CT molecular complexity index is 2640. The van der Waals surface area contributed by atoms with Crippen LogP contribution in [-0.2, 0) is 18.3 Å². The van der Waals surface area contributed by atoms with E-state index in [4.69, 9.17) is 0 Å². The topological polar surface area (TPSA) is 68.3 Å². The van der Waals surface area contributed by atoms with E-state index >= 15 is 18.3 Å². The first-order valence-electron chi connectivity index (χ1n) is 25.1. The van der Waals surface area contributed by atoms with Gasteiger partial charge in [-0.2, -0.15) is 0 Å². The second kappa shape index (κ2) is 22.4. The first-order chi connectivity index (χ1) is 34.1. The second-order valence-electron chi connectivity index (χ2n) is 20.3. The fraction of sp³-hybridized carbons (Fsp3) is 0.250. The van der Waals surface area contributed by atoms with Crippen LogP contribution in [0.4, 0.5) is 0 Å². The van der Waals surface area contributed by atoms with Crippen LogP contribution < -0.4 is 42.4 Å². The molecule has 4 nitrogen and oxygen atoms in total. The number of hydrogen-bond donors (Lipinski definition) is 0. The summed E-state index contributed by atoms with van der Waals surface area (Å²) in [5.74, 6) is 0. The highest BCUT2D eigenvalue weighted by atomic mass is 31.2. The average molecular weight is 1030 g/mol. The van der Waals surface area contributed by atoms with E-state index in [2.05, 4.69) is 0 Å². The van der Waals surface area contributed by atoms with Crippen molar-refractivity contribution in [2.45, 2.75) is 106 Å². The van der Waals surface area contributed by atoms with E-state index < -0.39 is 28.6 Å². The zero-order chi connectivity index (χ0) is 52.2. The van der Waals surface area contributed by atoms with Crippen LogP contribution in [0.15, 0.2) is 194 Å². The summed E-state index contributed by atoms with van der Waals surface area (Å²) >= 11 is 0. The molecule has 8 rings (SSSR count). The summed E-state index contributed by atoms with van der Waals surface area (Å²) in [4.78, 5) is 0. The van der Waals surface area contributed by atoms with Gasteiger partial charge in [-0.3, -0.25) is 0 Å². The van der Waals surface area contributed by atoms with Gasteiger partial charge >= 0.3 is 0 Å². The molecule has 4 atom stereocenters. The Morgan fingerprint density at radius 2 is 0.278 bits per heavy atom. The van der Waals surface area contributed by atoms with Gasteiger partial charge in [0.25, 0.3) is 0 Å². The number of benzene rings is 8. The normalized spacial score (nSPS) is 13.8. The van der Waals surface area contributed by atoms with Crippen LogP contribution in [0.1, 0.15) is 72.2 Å². The molecular formula is C64H72O4P4. The highest BCUT2D eigenvalue weighted by molar-refractivity contribution is 7.84. The van der Waals surface area contributed by atoms with E-state index in [1.54, 1.807) is 0 Å². The van der Waals surface area contributed by atoms with Crippen LogP contribution >= 0.6 is 28.6 Å². The maximum atomic E-state index is 15.3. The largest absolute Gasteiger partial charge is 0.313 e. The van der Waals surface area contributed by atoms with Crippen LogP contribution in [0, 0.1) is 55.4 Å². The Labute approximate surface area is 431 Å².